The van der Waals surface area contributed by atoms with E-state index in [9.17, 15) is 4.79 Å². The van der Waals surface area contributed by atoms with Gasteiger partial charge in [0.05, 0.1) is 0 Å². The molecule has 1 unspecified atom stereocenters. The third kappa shape index (κ3) is 5.08. The topological polar surface area (TPSA) is 35.5 Å². The molecule has 0 aliphatic carbocycles. The Labute approximate surface area is 153 Å². The van der Waals surface area contributed by atoms with Crippen molar-refractivity contribution in [1.29, 1.82) is 0 Å². The van der Waals surface area contributed by atoms with Crippen molar-refractivity contribution in [1.82, 2.24) is 0 Å². The third-order valence-corrected chi connectivity index (χ3v) is 3.76. The van der Waals surface area contributed by atoms with Gasteiger partial charge in [0.2, 0.25) is 6.29 Å². The molecule has 0 bridgehead atoms. The van der Waals surface area contributed by atoms with E-state index in [4.69, 9.17) is 9.47 Å². The van der Waals surface area contributed by atoms with Crippen LogP contribution in [0.5, 0.6) is 5.75 Å². The minimum absolute atomic E-state index is 0.442. The lowest BCUT2D eigenvalue weighted by molar-refractivity contribution is -0.154. The van der Waals surface area contributed by atoms with Crippen LogP contribution in [0.25, 0.3) is 17.2 Å². The Morgan fingerprint density at radius 1 is 0.808 bits per heavy atom. The van der Waals surface area contributed by atoms with Gasteiger partial charge in [-0.25, -0.2) is 4.79 Å². The van der Waals surface area contributed by atoms with Crippen LogP contribution < -0.4 is 4.74 Å². The van der Waals surface area contributed by atoms with Gasteiger partial charge in [-0.1, -0.05) is 72.8 Å². The first kappa shape index (κ1) is 17.5. The first-order valence-corrected chi connectivity index (χ1v) is 8.46. The summed E-state index contributed by atoms with van der Waals surface area (Å²) < 4.78 is 10.9. The average Bonchev–Trinajstić information content (AvgIpc) is 2.68. The molecule has 3 nitrogen and oxygen atoms in total. The van der Waals surface area contributed by atoms with Crippen LogP contribution >= 0.6 is 0 Å². The summed E-state index contributed by atoms with van der Waals surface area (Å²) in [6.45, 7) is 1.69. The molecule has 0 aliphatic rings. The van der Waals surface area contributed by atoms with Crippen LogP contribution in [0.1, 0.15) is 12.5 Å². The van der Waals surface area contributed by atoms with E-state index in [-0.39, 0.29) is 0 Å². The number of benzene rings is 3. The van der Waals surface area contributed by atoms with E-state index < -0.39 is 12.3 Å². The third-order valence-electron chi connectivity index (χ3n) is 3.76. The molecule has 0 saturated carbocycles. The fourth-order valence-electron chi connectivity index (χ4n) is 2.50. The Kier molecular flexibility index (Phi) is 5.84. The summed E-state index contributed by atoms with van der Waals surface area (Å²) in [4.78, 5) is 11.9. The molecule has 0 aromatic heterocycles. The Hall–Kier alpha value is -3.33. The van der Waals surface area contributed by atoms with Crippen LogP contribution in [0.3, 0.4) is 0 Å². The summed E-state index contributed by atoms with van der Waals surface area (Å²) in [6.07, 6.45) is 2.43. The van der Waals surface area contributed by atoms with Gasteiger partial charge in [-0.2, -0.15) is 0 Å². The maximum absolute atomic E-state index is 11.9. The van der Waals surface area contributed by atoms with Gasteiger partial charge in [-0.15, -0.1) is 0 Å². The number of ether oxygens (including phenoxy) is 2. The van der Waals surface area contributed by atoms with E-state index >= 15 is 0 Å². The predicted octanol–water partition coefficient (Wildman–Crippen LogP) is 5.34. The summed E-state index contributed by atoms with van der Waals surface area (Å²) in [6, 6.07) is 27.4. The van der Waals surface area contributed by atoms with Crippen LogP contribution in [-0.2, 0) is 9.53 Å². The molecule has 3 heteroatoms. The minimum atomic E-state index is -0.675. The zero-order chi connectivity index (χ0) is 18.2. The molecule has 0 fully saturated rings. The molecule has 3 aromatic carbocycles. The molecule has 1 atom stereocenters. The summed E-state index contributed by atoms with van der Waals surface area (Å²) in [5, 5.41) is 0. The van der Waals surface area contributed by atoms with E-state index in [0.717, 1.165) is 16.7 Å². The van der Waals surface area contributed by atoms with Gasteiger partial charge in [0.25, 0.3) is 0 Å². The second-order valence-corrected chi connectivity index (χ2v) is 5.76. The Bertz CT molecular complexity index is 853. The Balaban J connectivity index is 1.54. The molecule has 0 amide bonds. The molecule has 3 aromatic rings. The van der Waals surface area contributed by atoms with Gasteiger partial charge >= 0.3 is 5.97 Å². The first-order chi connectivity index (χ1) is 12.7. The van der Waals surface area contributed by atoms with Crippen LogP contribution in [0, 0.1) is 0 Å². The largest absolute Gasteiger partial charge is 0.455 e. The second kappa shape index (κ2) is 8.67. The SMILES string of the molecule is CC(OC(=O)/C=C/c1ccccc1)Oc1ccc(-c2ccccc2)cc1. The lowest BCUT2D eigenvalue weighted by atomic mass is 10.1. The summed E-state index contributed by atoms with van der Waals surface area (Å²) in [7, 11) is 0. The van der Waals surface area contributed by atoms with Crippen molar-refractivity contribution in [2.24, 2.45) is 0 Å². The average molecular weight is 344 g/mol. The lowest BCUT2D eigenvalue weighted by Crippen LogP contribution is -2.19. The fraction of sp³-hybridized carbons (Fsp3) is 0.0870. The standard InChI is InChI=1S/C23H20O3/c1-18(26-23(24)17-12-19-8-4-2-5-9-19)25-22-15-13-21(14-16-22)20-10-6-3-7-11-20/h2-18H,1H3/b17-12+. The van der Waals surface area contributed by atoms with Gasteiger partial charge in [0.15, 0.2) is 0 Å². The maximum atomic E-state index is 11.9. The molecule has 0 N–H and O–H groups in total. The van der Waals surface area contributed by atoms with E-state index in [1.807, 2.05) is 72.8 Å². The highest BCUT2D eigenvalue weighted by Crippen LogP contribution is 2.22. The molecule has 0 spiro atoms. The molecule has 3 rings (SSSR count). The number of esters is 1. The van der Waals surface area contributed by atoms with Crippen LogP contribution in [0.4, 0.5) is 0 Å². The predicted molar refractivity (Wildman–Crippen MR) is 104 cm³/mol. The fourth-order valence-corrected chi connectivity index (χ4v) is 2.50. The van der Waals surface area contributed by atoms with Crippen molar-refractivity contribution in [2.45, 2.75) is 13.2 Å². The zero-order valence-electron chi connectivity index (χ0n) is 14.5. The summed E-state index contributed by atoms with van der Waals surface area (Å²) in [5.74, 6) is 0.208. The molecule has 26 heavy (non-hydrogen) atoms. The molecule has 0 heterocycles. The van der Waals surface area contributed by atoms with Crippen LogP contribution in [-0.4, -0.2) is 12.3 Å². The highest BCUT2D eigenvalue weighted by atomic mass is 16.7. The Morgan fingerprint density at radius 2 is 1.38 bits per heavy atom. The summed E-state index contributed by atoms with van der Waals surface area (Å²) >= 11 is 0. The first-order valence-electron chi connectivity index (χ1n) is 8.46. The molecular weight excluding hydrogens is 324 g/mol. The quantitative estimate of drug-likeness (QED) is 0.344. The lowest BCUT2D eigenvalue weighted by Gasteiger charge is -2.14. The molecule has 0 radical (unpaired) electrons. The number of hydrogen-bond acceptors (Lipinski definition) is 3. The van der Waals surface area contributed by atoms with Crippen molar-refractivity contribution in [3.63, 3.8) is 0 Å². The van der Waals surface area contributed by atoms with Gasteiger partial charge < -0.3 is 9.47 Å². The highest BCUT2D eigenvalue weighted by Gasteiger charge is 2.08. The summed E-state index contributed by atoms with van der Waals surface area (Å²) in [5.41, 5.74) is 3.19. The van der Waals surface area contributed by atoms with Crippen molar-refractivity contribution >= 4 is 12.0 Å². The second-order valence-electron chi connectivity index (χ2n) is 5.76. The van der Waals surface area contributed by atoms with Crippen LogP contribution in [0.2, 0.25) is 0 Å². The van der Waals surface area contributed by atoms with Gasteiger partial charge in [-0.3, -0.25) is 0 Å². The minimum Gasteiger partial charge on any atom is -0.455 e. The van der Waals surface area contributed by atoms with Crippen LogP contribution in [0.15, 0.2) is 91.0 Å². The van der Waals surface area contributed by atoms with Gasteiger partial charge in [-0.05, 0) is 34.9 Å². The van der Waals surface area contributed by atoms with Crippen molar-refractivity contribution in [3.05, 3.63) is 96.6 Å². The molecular formula is C23H20O3. The molecule has 130 valence electrons. The number of hydrogen-bond donors (Lipinski definition) is 0. The van der Waals surface area contributed by atoms with Crippen molar-refractivity contribution < 1.29 is 14.3 Å². The number of carbonyl (C=O) groups is 1. The number of carbonyl (C=O) groups excluding carboxylic acids is 1. The maximum Gasteiger partial charge on any atom is 0.333 e. The van der Waals surface area contributed by atoms with E-state index in [1.165, 1.54) is 6.08 Å². The van der Waals surface area contributed by atoms with Gasteiger partial charge in [0, 0.05) is 13.0 Å². The smallest absolute Gasteiger partial charge is 0.333 e. The molecule has 0 saturated heterocycles. The number of rotatable bonds is 6. The monoisotopic (exact) mass is 344 g/mol. The van der Waals surface area contributed by atoms with Gasteiger partial charge in [0.1, 0.15) is 5.75 Å². The normalized spacial score (nSPS) is 11.9. The van der Waals surface area contributed by atoms with E-state index in [1.54, 1.807) is 13.0 Å². The van der Waals surface area contributed by atoms with E-state index in [0.29, 0.717) is 5.75 Å². The van der Waals surface area contributed by atoms with Crippen molar-refractivity contribution in [3.8, 4) is 16.9 Å². The highest BCUT2D eigenvalue weighted by molar-refractivity contribution is 5.87. The van der Waals surface area contributed by atoms with E-state index in [2.05, 4.69) is 12.1 Å². The van der Waals surface area contributed by atoms with Crippen molar-refractivity contribution in [2.75, 3.05) is 0 Å². The Morgan fingerprint density at radius 3 is 2.04 bits per heavy atom. The zero-order valence-corrected chi connectivity index (χ0v) is 14.5. The molecule has 0 aliphatic heterocycles.